The highest BCUT2D eigenvalue weighted by atomic mass is 16.3. The van der Waals surface area contributed by atoms with Crippen LogP contribution in [0.15, 0.2) is 18.5 Å². The fourth-order valence-electron chi connectivity index (χ4n) is 2.45. The van der Waals surface area contributed by atoms with Crippen LogP contribution in [-0.4, -0.2) is 10.1 Å². The van der Waals surface area contributed by atoms with E-state index in [1.54, 1.807) is 6.20 Å². The molecule has 1 aliphatic rings. The Bertz CT molecular complexity index is 353. The highest BCUT2D eigenvalue weighted by Gasteiger charge is 2.45. The van der Waals surface area contributed by atoms with Crippen molar-refractivity contribution in [3.05, 3.63) is 29.6 Å². The fraction of sp³-hybridized carbons (Fsp3) is 0.615. The minimum atomic E-state index is -0.604. The van der Waals surface area contributed by atoms with Crippen LogP contribution in [-0.2, 0) is 5.60 Å². The van der Waals surface area contributed by atoms with Gasteiger partial charge in [-0.2, -0.15) is 0 Å². The van der Waals surface area contributed by atoms with Gasteiger partial charge in [-0.15, -0.1) is 0 Å². The number of aliphatic hydroxyl groups is 1. The standard InChI is InChI=1S/C13H19NO/c1-9(2)11-6-13(15,7-11)12-8-14-5-4-10(12)3/h4-5,8-9,11,15H,6-7H2,1-3H3. The lowest BCUT2D eigenvalue weighted by molar-refractivity contribution is -0.0940. The van der Waals surface area contributed by atoms with Crippen LogP contribution in [0, 0.1) is 18.8 Å². The Morgan fingerprint density at radius 3 is 2.67 bits per heavy atom. The van der Waals surface area contributed by atoms with Gasteiger partial charge in [-0.1, -0.05) is 13.8 Å². The molecular formula is C13H19NO. The zero-order chi connectivity index (χ0) is 11.1. The smallest absolute Gasteiger partial charge is 0.0919 e. The Morgan fingerprint density at radius 2 is 2.13 bits per heavy atom. The summed E-state index contributed by atoms with van der Waals surface area (Å²) in [7, 11) is 0. The second-order valence-electron chi connectivity index (χ2n) is 5.13. The van der Waals surface area contributed by atoms with Crippen LogP contribution in [0.25, 0.3) is 0 Å². The van der Waals surface area contributed by atoms with Gasteiger partial charge in [0, 0.05) is 18.0 Å². The second kappa shape index (κ2) is 3.60. The summed E-state index contributed by atoms with van der Waals surface area (Å²) in [5.74, 6) is 1.33. The molecule has 2 nitrogen and oxygen atoms in total. The van der Waals surface area contributed by atoms with Crippen molar-refractivity contribution in [1.29, 1.82) is 0 Å². The molecule has 0 bridgehead atoms. The third-order valence-electron chi connectivity index (χ3n) is 3.68. The van der Waals surface area contributed by atoms with Gasteiger partial charge in [0.1, 0.15) is 0 Å². The largest absolute Gasteiger partial charge is 0.385 e. The predicted octanol–water partition coefficient (Wildman–Crippen LogP) is 2.64. The first-order valence-corrected chi connectivity index (χ1v) is 5.66. The van der Waals surface area contributed by atoms with Crippen LogP contribution < -0.4 is 0 Å². The summed E-state index contributed by atoms with van der Waals surface area (Å²) in [4.78, 5) is 4.10. The number of rotatable bonds is 2. The average molecular weight is 205 g/mol. The maximum Gasteiger partial charge on any atom is 0.0919 e. The number of nitrogens with zero attached hydrogens (tertiary/aromatic N) is 1. The van der Waals surface area contributed by atoms with Gasteiger partial charge in [0.2, 0.25) is 0 Å². The average Bonchev–Trinajstić information content (AvgIpc) is 2.13. The molecule has 0 saturated heterocycles. The normalized spacial score (nSPS) is 30.3. The van der Waals surface area contributed by atoms with Gasteiger partial charge in [0.25, 0.3) is 0 Å². The summed E-state index contributed by atoms with van der Waals surface area (Å²) < 4.78 is 0. The molecule has 0 spiro atoms. The molecule has 1 heterocycles. The van der Waals surface area contributed by atoms with Crippen molar-refractivity contribution in [3.63, 3.8) is 0 Å². The zero-order valence-electron chi connectivity index (χ0n) is 9.70. The van der Waals surface area contributed by atoms with Crippen molar-refractivity contribution >= 4 is 0 Å². The Morgan fingerprint density at radius 1 is 1.47 bits per heavy atom. The maximum absolute atomic E-state index is 10.4. The van der Waals surface area contributed by atoms with Gasteiger partial charge < -0.3 is 5.11 Å². The van der Waals surface area contributed by atoms with Crippen molar-refractivity contribution in [2.45, 2.75) is 39.2 Å². The first kappa shape index (κ1) is 10.6. The van der Waals surface area contributed by atoms with E-state index in [1.807, 2.05) is 19.2 Å². The summed E-state index contributed by atoms with van der Waals surface area (Å²) >= 11 is 0. The zero-order valence-corrected chi connectivity index (χ0v) is 9.70. The van der Waals surface area contributed by atoms with Crippen molar-refractivity contribution in [3.8, 4) is 0 Å². The van der Waals surface area contributed by atoms with Gasteiger partial charge in [-0.3, -0.25) is 4.98 Å². The van der Waals surface area contributed by atoms with E-state index in [1.165, 1.54) is 0 Å². The first-order chi connectivity index (χ1) is 7.03. The molecule has 1 fully saturated rings. The van der Waals surface area contributed by atoms with E-state index >= 15 is 0 Å². The Labute approximate surface area is 91.4 Å². The molecule has 1 aliphatic carbocycles. The quantitative estimate of drug-likeness (QED) is 0.805. The summed E-state index contributed by atoms with van der Waals surface area (Å²) in [6.45, 7) is 6.48. The molecule has 15 heavy (non-hydrogen) atoms. The van der Waals surface area contributed by atoms with E-state index in [4.69, 9.17) is 0 Å². The Hall–Kier alpha value is -0.890. The molecule has 0 aromatic carbocycles. The highest BCUT2D eigenvalue weighted by Crippen LogP contribution is 2.49. The van der Waals surface area contributed by atoms with Gasteiger partial charge in [-0.05, 0) is 43.2 Å². The molecule has 0 amide bonds. The fourth-order valence-corrected chi connectivity index (χ4v) is 2.45. The number of aryl methyl sites for hydroxylation is 1. The summed E-state index contributed by atoms with van der Waals surface area (Å²) in [6.07, 6.45) is 5.36. The lowest BCUT2D eigenvalue weighted by atomic mass is 9.63. The van der Waals surface area contributed by atoms with Crippen LogP contribution >= 0.6 is 0 Å². The van der Waals surface area contributed by atoms with Gasteiger partial charge >= 0.3 is 0 Å². The molecule has 1 aromatic heterocycles. The number of pyridine rings is 1. The first-order valence-electron chi connectivity index (χ1n) is 5.66. The van der Waals surface area contributed by atoms with E-state index in [-0.39, 0.29) is 0 Å². The molecule has 1 saturated carbocycles. The molecule has 0 unspecified atom stereocenters. The molecule has 2 rings (SSSR count). The highest BCUT2D eigenvalue weighted by molar-refractivity contribution is 5.30. The van der Waals surface area contributed by atoms with Crippen LogP contribution in [0.1, 0.15) is 37.8 Å². The number of hydrogen-bond donors (Lipinski definition) is 1. The van der Waals surface area contributed by atoms with Crippen LogP contribution in [0.4, 0.5) is 0 Å². The topological polar surface area (TPSA) is 33.1 Å². The van der Waals surface area contributed by atoms with Crippen molar-refractivity contribution in [2.24, 2.45) is 11.8 Å². The second-order valence-corrected chi connectivity index (χ2v) is 5.13. The lowest BCUT2D eigenvalue weighted by Crippen LogP contribution is -2.43. The predicted molar refractivity (Wildman–Crippen MR) is 60.4 cm³/mol. The van der Waals surface area contributed by atoms with Gasteiger partial charge in [0.15, 0.2) is 0 Å². The SMILES string of the molecule is Cc1ccncc1C1(O)CC(C(C)C)C1. The van der Waals surface area contributed by atoms with Crippen molar-refractivity contribution in [2.75, 3.05) is 0 Å². The molecule has 82 valence electrons. The van der Waals surface area contributed by atoms with Crippen molar-refractivity contribution < 1.29 is 5.11 Å². The van der Waals surface area contributed by atoms with Crippen molar-refractivity contribution in [1.82, 2.24) is 4.98 Å². The van der Waals surface area contributed by atoms with E-state index in [0.717, 1.165) is 24.0 Å². The monoisotopic (exact) mass is 205 g/mol. The van der Waals surface area contributed by atoms with Crippen LogP contribution in [0.3, 0.4) is 0 Å². The molecular weight excluding hydrogens is 186 g/mol. The van der Waals surface area contributed by atoms with Gasteiger partial charge in [0.05, 0.1) is 5.60 Å². The Kier molecular flexibility index (Phi) is 2.55. The van der Waals surface area contributed by atoms with E-state index in [0.29, 0.717) is 11.8 Å². The molecule has 2 heteroatoms. The lowest BCUT2D eigenvalue weighted by Gasteiger charge is -2.46. The number of aromatic nitrogens is 1. The van der Waals surface area contributed by atoms with E-state index in [9.17, 15) is 5.11 Å². The summed E-state index contributed by atoms with van der Waals surface area (Å²) in [6, 6.07) is 1.97. The summed E-state index contributed by atoms with van der Waals surface area (Å²) in [5.41, 5.74) is 1.56. The van der Waals surface area contributed by atoms with E-state index in [2.05, 4.69) is 18.8 Å². The minimum absolute atomic E-state index is 0.604. The molecule has 1 N–H and O–H groups in total. The molecule has 0 radical (unpaired) electrons. The minimum Gasteiger partial charge on any atom is -0.385 e. The summed E-state index contributed by atoms with van der Waals surface area (Å²) in [5, 5.41) is 10.4. The molecule has 0 atom stereocenters. The Balaban J connectivity index is 2.17. The molecule has 1 aromatic rings. The third-order valence-corrected chi connectivity index (χ3v) is 3.68. The van der Waals surface area contributed by atoms with Crippen LogP contribution in [0.2, 0.25) is 0 Å². The maximum atomic E-state index is 10.4. The van der Waals surface area contributed by atoms with Crippen LogP contribution in [0.5, 0.6) is 0 Å². The van der Waals surface area contributed by atoms with E-state index < -0.39 is 5.60 Å². The third kappa shape index (κ3) is 1.78. The van der Waals surface area contributed by atoms with Gasteiger partial charge in [-0.25, -0.2) is 0 Å². The number of hydrogen-bond acceptors (Lipinski definition) is 2. The molecule has 0 aliphatic heterocycles.